The van der Waals surface area contributed by atoms with Crippen molar-refractivity contribution in [2.24, 2.45) is 0 Å². The topological polar surface area (TPSA) is 17.1 Å². The van der Waals surface area contributed by atoms with Crippen LogP contribution in [0.1, 0.15) is 16.7 Å². The lowest BCUT2D eigenvalue weighted by Gasteiger charge is -1.99. The third kappa shape index (κ3) is 1.08. The molecule has 1 nitrogen and oxygen atoms in total. The molecule has 0 amide bonds. The molecule has 1 aromatic rings. The smallest absolute Gasteiger partial charge is 0.233 e. The van der Waals surface area contributed by atoms with E-state index in [0.717, 1.165) is 11.1 Å². The Morgan fingerprint density at radius 3 is 2.50 bits per heavy atom. The van der Waals surface area contributed by atoms with Crippen molar-refractivity contribution < 1.29 is 4.79 Å². The van der Waals surface area contributed by atoms with Crippen molar-refractivity contribution in [1.29, 1.82) is 0 Å². The second-order valence-electron chi connectivity index (χ2n) is 2.35. The molecule has 1 radical (unpaired) electrons. The zero-order valence-electron chi connectivity index (χ0n) is 6.14. The first-order chi connectivity index (χ1) is 4.75. The van der Waals surface area contributed by atoms with Crippen LogP contribution in [0.4, 0.5) is 0 Å². The fourth-order valence-electron chi connectivity index (χ4n) is 0.862. The molecule has 0 saturated heterocycles. The molecule has 0 atom stereocenters. The van der Waals surface area contributed by atoms with E-state index in [2.05, 4.69) is 0 Å². The molecule has 0 spiro atoms. The largest absolute Gasteiger partial charge is 0.285 e. The zero-order chi connectivity index (χ0) is 7.56. The summed E-state index contributed by atoms with van der Waals surface area (Å²) in [6.07, 6.45) is 1.89. The van der Waals surface area contributed by atoms with Crippen molar-refractivity contribution in [2.45, 2.75) is 13.8 Å². The Morgan fingerprint density at radius 1 is 1.30 bits per heavy atom. The Labute approximate surface area is 60.7 Å². The summed E-state index contributed by atoms with van der Waals surface area (Å²) in [6.45, 7) is 3.91. The minimum atomic E-state index is 0.667. The van der Waals surface area contributed by atoms with Gasteiger partial charge in [0.25, 0.3) is 0 Å². The van der Waals surface area contributed by atoms with Gasteiger partial charge in [0.2, 0.25) is 6.29 Å². The van der Waals surface area contributed by atoms with Gasteiger partial charge in [-0.25, -0.2) is 0 Å². The summed E-state index contributed by atoms with van der Waals surface area (Å²) in [4.78, 5) is 10.3. The van der Waals surface area contributed by atoms with Crippen LogP contribution in [0.2, 0.25) is 0 Å². The van der Waals surface area contributed by atoms with Crippen LogP contribution in [0.15, 0.2) is 18.2 Å². The first-order valence-electron chi connectivity index (χ1n) is 3.20. The van der Waals surface area contributed by atoms with E-state index in [1.54, 1.807) is 6.07 Å². The molecular formula is C9H9O. The van der Waals surface area contributed by atoms with Gasteiger partial charge in [0.05, 0.1) is 0 Å². The molecule has 51 valence electrons. The second-order valence-corrected chi connectivity index (χ2v) is 2.35. The zero-order valence-corrected chi connectivity index (χ0v) is 6.14. The van der Waals surface area contributed by atoms with Crippen LogP contribution >= 0.6 is 0 Å². The number of carbonyl (C=O) groups excluding carboxylic acids is 1. The summed E-state index contributed by atoms with van der Waals surface area (Å²) in [7, 11) is 0. The molecule has 1 heteroatoms. The summed E-state index contributed by atoms with van der Waals surface area (Å²) in [6, 6.07) is 5.62. The summed E-state index contributed by atoms with van der Waals surface area (Å²) >= 11 is 0. The molecule has 1 aromatic carbocycles. The highest BCUT2D eigenvalue weighted by molar-refractivity contribution is 5.78. The minimum absolute atomic E-state index is 0.667. The SMILES string of the molecule is Cc1cccc([C]=O)c1C. The molecule has 0 unspecified atom stereocenters. The lowest BCUT2D eigenvalue weighted by Crippen LogP contribution is -1.88. The summed E-state index contributed by atoms with van der Waals surface area (Å²) in [5.74, 6) is 0. The molecule has 0 aromatic heterocycles. The van der Waals surface area contributed by atoms with Gasteiger partial charge >= 0.3 is 0 Å². The van der Waals surface area contributed by atoms with Crippen LogP contribution in [0.3, 0.4) is 0 Å². The fourth-order valence-corrected chi connectivity index (χ4v) is 0.862. The van der Waals surface area contributed by atoms with Gasteiger partial charge in [-0.1, -0.05) is 18.2 Å². The standard InChI is InChI=1S/C9H9O/c1-7-4-3-5-9(6-10)8(7)2/h3-5H,1-2H3. The lowest BCUT2D eigenvalue weighted by atomic mass is 10.1. The van der Waals surface area contributed by atoms with Gasteiger partial charge in [-0.05, 0) is 25.0 Å². The summed E-state index contributed by atoms with van der Waals surface area (Å²) in [5, 5.41) is 0. The first kappa shape index (κ1) is 7.00. The number of hydrogen-bond donors (Lipinski definition) is 0. The Balaban J connectivity index is 3.27. The molecule has 0 fully saturated rings. The quantitative estimate of drug-likeness (QED) is 0.570. The van der Waals surface area contributed by atoms with E-state index in [1.165, 1.54) is 0 Å². The van der Waals surface area contributed by atoms with E-state index in [9.17, 15) is 4.79 Å². The maximum atomic E-state index is 10.3. The third-order valence-electron chi connectivity index (χ3n) is 1.71. The first-order valence-corrected chi connectivity index (χ1v) is 3.20. The van der Waals surface area contributed by atoms with Crippen molar-refractivity contribution in [3.63, 3.8) is 0 Å². The maximum absolute atomic E-state index is 10.3. The summed E-state index contributed by atoms with van der Waals surface area (Å²) < 4.78 is 0. The third-order valence-corrected chi connectivity index (χ3v) is 1.71. The highest BCUT2D eigenvalue weighted by Gasteiger charge is 1.97. The maximum Gasteiger partial charge on any atom is 0.233 e. The van der Waals surface area contributed by atoms with Crippen LogP contribution < -0.4 is 0 Å². The van der Waals surface area contributed by atoms with Crippen molar-refractivity contribution in [3.8, 4) is 0 Å². The molecule has 10 heavy (non-hydrogen) atoms. The van der Waals surface area contributed by atoms with E-state index in [-0.39, 0.29) is 0 Å². The second kappa shape index (κ2) is 2.65. The Hall–Kier alpha value is -1.11. The predicted octanol–water partition coefficient (Wildman–Crippen LogP) is 1.76. The fraction of sp³-hybridized carbons (Fsp3) is 0.222. The van der Waals surface area contributed by atoms with Gasteiger partial charge in [0.15, 0.2) is 0 Å². The van der Waals surface area contributed by atoms with Crippen molar-refractivity contribution in [2.75, 3.05) is 0 Å². The van der Waals surface area contributed by atoms with E-state index in [0.29, 0.717) is 5.56 Å². The van der Waals surface area contributed by atoms with E-state index >= 15 is 0 Å². The van der Waals surface area contributed by atoms with Crippen LogP contribution in [-0.4, -0.2) is 6.29 Å². The van der Waals surface area contributed by atoms with E-state index in [1.807, 2.05) is 32.3 Å². The van der Waals surface area contributed by atoms with Gasteiger partial charge in [0.1, 0.15) is 0 Å². The Morgan fingerprint density at radius 2 is 2.00 bits per heavy atom. The van der Waals surface area contributed by atoms with Crippen molar-refractivity contribution >= 4 is 6.29 Å². The van der Waals surface area contributed by atoms with E-state index < -0.39 is 0 Å². The van der Waals surface area contributed by atoms with Gasteiger partial charge in [-0.2, -0.15) is 0 Å². The Kier molecular flexibility index (Phi) is 1.86. The molecule has 0 aliphatic heterocycles. The van der Waals surface area contributed by atoms with Gasteiger partial charge in [-0.3, -0.25) is 4.79 Å². The Bertz CT molecular complexity index is 251. The van der Waals surface area contributed by atoms with Crippen LogP contribution in [0, 0.1) is 13.8 Å². The van der Waals surface area contributed by atoms with Crippen molar-refractivity contribution in [3.05, 3.63) is 34.9 Å². The molecule has 0 bridgehead atoms. The molecular weight excluding hydrogens is 124 g/mol. The van der Waals surface area contributed by atoms with Gasteiger partial charge in [0, 0.05) is 5.56 Å². The number of rotatable bonds is 1. The number of hydrogen-bond acceptors (Lipinski definition) is 1. The van der Waals surface area contributed by atoms with Gasteiger partial charge in [-0.15, -0.1) is 0 Å². The van der Waals surface area contributed by atoms with Crippen molar-refractivity contribution in [1.82, 2.24) is 0 Å². The predicted molar refractivity (Wildman–Crippen MR) is 40.7 cm³/mol. The van der Waals surface area contributed by atoms with Crippen LogP contribution in [0.25, 0.3) is 0 Å². The molecule has 1 rings (SSSR count). The minimum Gasteiger partial charge on any atom is -0.285 e. The molecule has 0 heterocycles. The molecule has 0 aliphatic carbocycles. The lowest BCUT2D eigenvalue weighted by molar-refractivity contribution is 0.562. The average Bonchev–Trinajstić information content (AvgIpc) is 1.95. The highest BCUT2D eigenvalue weighted by Crippen LogP contribution is 2.09. The number of benzene rings is 1. The monoisotopic (exact) mass is 133 g/mol. The number of aryl methyl sites for hydroxylation is 1. The normalized spacial score (nSPS) is 9.40. The average molecular weight is 133 g/mol. The highest BCUT2D eigenvalue weighted by atomic mass is 16.1. The molecule has 0 aliphatic rings. The molecule has 0 N–H and O–H groups in total. The van der Waals surface area contributed by atoms with Crippen LogP contribution in [0.5, 0.6) is 0 Å². The van der Waals surface area contributed by atoms with E-state index in [4.69, 9.17) is 0 Å². The summed E-state index contributed by atoms with van der Waals surface area (Å²) in [5.41, 5.74) is 2.83. The van der Waals surface area contributed by atoms with Crippen LogP contribution in [-0.2, 0) is 4.79 Å². The molecule has 0 saturated carbocycles. The van der Waals surface area contributed by atoms with Gasteiger partial charge < -0.3 is 0 Å².